The second kappa shape index (κ2) is 4.92. The van der Waals surface area contributed by atoms with E-state index >= 15 is 0 Å². The van der Waals surface area contributed by atoms with Gasteiger partial charge in [-0.15, -0.1) is 0 Å². The van der Waals surface area contributed by atoms with Gasteiger partial charge in [0.2, 0.25) is 5.91 Å². The van der Waals surface area contributed by atoms with Crippen molar-refractivity contribution < 1.29 is 4.79 Å². The summed E-state index contributed by atoms with van der Waals surface area (Å²) in [7, 11) is 0. The topological polar surface area (TPSA) is 33.2 Å². The molecule has 0 bridgehead atoms. The molecule has 1 aliphatic rings. The van der Waals surface area contributed by atoms with E-state index in [1.54, 1.807) is 0 Å². The summed E-state index contributed by atoms with van der Waals surface area (Å²) >= 11 is 0. The lowest BCUT2D eigenvalue weighted by atomic mass is 10.0. The molecule has 3 heteroatoms. The number of nitrogens with zero attached hydrogens (tertiary/aromatic N) is 2. The van der Waals surface area contributed by atoms with Gasteiger partial charge in [-0.2, -0.15) is 0 Å². The van der Waals surface area contributed by atoms with Gasteiger partial charge in [0, 0.05) is 25.0 Å². The van der Waals surface area contributed by atoms with Crippen molar-refractivity contribution in [3.63, 3.8) is 0 Å². The normalized spacial score (nSPS) is 19.8. The summed E-state index contributed by atoms with van der Waals surface area (Å²) in [5.74, 6) is 0.585. The van der Waals surface area contributed by atoms with Gasteiger partial charge in [-0.1, -0.05) is 12.6 Å². The monoisotopic (exact) mass is 216 g/mol. The van der Waals surface area contributed by atoms with Gasteiger partial charge in [0.25, 0.3) is 0 Å². The van der Waals surface area contributed by atoms with Crippen LogP contribution in [0.3, 0.4) is 0 Å². The number of aromatic nitrogens is 1. The summed E-state index contributed by atoms with van der Waals surface area (Å²) in [6, 6.07) is 5.97. The van der Waals surface area contributed by atoms with E-state index < -0.39 is 0 Å². The average Bonchev–Trinajstić information content (AvgIpc) is 2.78. The number of carbonyl (C=O) groups excluding carboxylic acids is 1. The van der Waals surface area contributed by atoms with Crippen LogP contribution in [0.15, 0.2) is 37.1 Å². The first-order chi connectivity index (χ1) is 7.79. The van der Waals surface area contributed by atoms with Gasteiger partial charge in [0.15, 0.2) is 0 Å². The Labute approximate surface area is 95.8 Å². The highest BCUT2D eigenvalue weighted by Crippen LogP contribution is 2.19. The number of pyridine rings is 1. The smallest absolute Gasteiger partial charge is 0.245 e. The van der Waals surface area contributed by atoms with Crippen LogP contribution in [0.1, 0.15) is 12.1 Å². The maximum atomic E-state index is 11.4. The second-order valence-electron chi connectivity index (χ2n) is 4.17. The fraction of sp³-hybridized carbons (Fsp3) is 0.385. The number of hydrogen-bond donors (Lipinski definition) is 0. The zero-order chi connectivity index (χ0) is 11.4. The lowest BCUT2D eigenvalue weighted by Gasteiger charge is -2.13. The molecule has 0 N–H and O–H groups in total. The summed E-state index contributed by atoms with van der Waals surface area (Å²) in [5, 5.41) is 0. The maximum Gasteiger partial charge on any atom is 0.245 e. The zero-order valence-electron chi connectivity index (χ0n) is 9.30. The van der Waals surface area contributed by atoms with Gasteiger partial charge in [-0.25, -0.2) is 0 Å². The number of rotatable bonds is 3. The summed E-state index contributed by atoms with van der Waals surface area (Å²) in [6.07, 6.45) is 5.23. The van der Waals surface area contributed by atoms with Gasteiger partial charge in [-0.05, 0) is 37.0 Å². The van der Waals surface area contributed by atoms with Crippen LogP contribution >= 0.6 is 0 Å². The molecule has 1 atom stereocenters. The Hall–Kier alpha value is -1.64. The number of hydrogen-bond acceptors (Lipinski definition) is 2. The molecule has 3 nitrogen and oxygen atoms in total. The van der Waals surface area contributed by atoms with E-state index in [-0.39, 0.29) is 5.91 Å². The van der Waals surface area contributed by atoms with Crippen LogP contribution in [-0.2, 0) is 11.2 Å². The molecule has 84 valence electrons. The van der Waals surface area contributed by atoms with Gasteiger partial charge in [0.1, 0.15) is 0 Å². The molecule has 0 spiro atoms. The average molecular weight is 216 g/mol. The Morgan fingerprint density at radius 3 is 3.19 bits per heavy atom. The quantitative estimate of drug-likeness (QED) is 0.720. The molecular weight excluding hydrogens is 200 g/mol. The van der Waals surface area contributed by atoms with E-state index in [1.807, 2.05) is 29.3 Å². The van der Waals surface area contributed by atoms with Crippen LogP contribution in [-0.4, -0.2) is 28.9 Å². The van der Waals surface area contributed by atoms with Crippen molar-refractivity contribution in [3.8, 4) is 0 Å². The molecule has 0 aliphatic carbocycles. The molecule has 1 unspecified atom stereocenters. The van der Waals surface area contributed by atoms with Crippen molar-refractivity contribution in [2.45, 2.75) is 12.8 Å². The summed E-state index contributed by atoms with van der Waals surface area (Å²) in [6.45, 7) is 5.19. The summed E-state index contributed by atoms with van der Waals surface area (Å²) < 4.78 is 0. The Morgan fingerprint density at radius 2 is 2.50 bits per heavy atom. The van der Waals surface area contributed by atoms with E-state index in [2.05, 4.69) is 11.6 Å². The minimum absolute atomic E-state index is 0.0449. The molecule has 16 heavy (non-hydrogen) atoms. The molecule has 0 radical (unpaired) electrons. The molecule has 2 heterocycles. The standard InChI is InChI=1S/C13H16N2O/c1-2-13(16)15-8-6-11(10-15)9-12-5-3-4-7-14-12/h2-5,7,11H,1,6,8-10H2. The highest BCUT2D eigenvalue weighted by atomic mass is 16.2. The van der Waals surface area contributed by atoms with Crippen molar-refractivity contribution in [3.05, 3.63) is 42.7 Å². The first-order valence-corrected chi connectivity index (χ1v) is 5.61. The van der Waals surface area contributed by atoms with Gasteiger partial charge in [0.05, 0.1) is 0 Å². The van der Waals surface area contributed by atoms with E-state index in [0.717, 1.165) is 31.6 Å². The predicted octanol–water partition coefficient (Wildman–Crippen LogP) is 1.66. The fourth-order valence-electron chi connectivity index (χ4n) is 2.14. The Kier molecular flexibility index (Phi) is 3.34. The molecule has 2 rings (SSSR count). The first kappa shape index (κ1) is 10.9. The third-order valence-corrected chi connectivity index (χ3v) is 3.00. The molecule has 1 aromatic rings. The molecule has 1 fully saturated rings. The minimum atomic E-state index is 0.0449. The fourth-order valence-corrected chi connectivity index (χ4v) is 2.14. The summed E-state index contributed by atoms with van der Waals surface area (Å²) in [5.41, 5.74) is 1.11. The van der Waals surface area contributed by atoms with Gasteiger partial charge < -0.3 is 4.90 Å². The maximum absolute atomic E-state index is 11.4. The van der Waals surface area contributed by atoms with Gasteiger partial charge >= 0.3 is 0 Å². The minimum Gasteiger partial charge on any atom is -0.339 e. The number of carbonyl (C=O) groups is 1. The van der Waals surface area contributed by atoms with E-state index in [0.29, 0.717) is 5.92 Å². The zero-order valence-corrected chi connectivity index (χ0v) is 9.30. The highest BCUT2D eigenvalue weighted by Gasteiger charge is 2.24. The SMILES string of the molecule is C=CC(=O)N1CCC(Cc2ccccn2)C1. The Bertz CT molecular complexity index is 375. The van der Waals surface area contributed by atoms with Crippen LogP contribution in [0.2, 0.25) is 0 Å². The second-order valence-corrected chi connectivity index (χ2v) is 4.17. The van der Waals surface area contributed by atoms with Crippen LogP contribution in [0, 0.1) is 5.92 Å². The molecule has 0 saturated carbocycles. The predicted molar refractivity (Wildman–Crippen MR) is 62.8 cm³/mol. The van der Waals surface area contributed by atoms with Crippen LogP contribution in [0.5, 0.6) is 0 Å². The number of likely N-dealkylation sites (tertiary alicyclic amines) is 1. The molecule has 1 aliphatic heterocycles. The van der Waals surface area contributed by atoms with E-state index in [4.69, 9.17) is 0 Å². The molecular formula is C13H16N2O. The largest absolute Gasteiger partial charge is 0.339 e. The van der Waals surface area contributed by atoms with E-state index in [1.165, 1.54) is 6.08 Å². The first-order valence-electron chi connectivity index (χ1n) is 5.61. The van der Waals surface area contributed by atoms with Crippen LogP contribution in [0.25, 0.3) is 0 Å². The molecule has 1 amide bonds. The van der Waals surface area contributed by atoms with Crippen molar-refractivity contribution >= 4 is 5.91 Å². The molecule has 1 aromatic heterocycles. The third-order valence-electron chi connectivity index (χ3n) is 3.00. The van der Waals surface area contributed by atoms with Crippen molar-refractivity contribution in [1.29, 1.82) is 0 Å². The third kappa shape index (κ3) is 2.48. The van der Waals surface area contributed by atoms with Crippen molar-refractivity contribution in [1.82, 2.24) is 9.88 Å². The lowest BCUT2D eigenvalue weighted by Crippen LogP contribution is -2.26. The Morgan fingerprint density at radius 1 is 1.62 bits per heavy atom. The Balaban J connectivity index is 1.90. The van der Waals surface area contributed by atoms with Crippen molar-refractivity contribution in [2.75, 3.05) is 13.1 Å². The van der Waals surface area contributed by atoms with Gasteiger partial charge in [-0.3, -0.25) is 9.78 Å². The summed E-state index contributed by atoms with van der Waals surface area (Å²) in [4.78, 5) is 17.6. The lowest BCUT2D eigenvalue weighted by molar-refractivity contribution is -0.125. The number of amides is 1. The van der Waals surface area contributed by atoms with Crippen LogP contribution < -0.4 is 0 Å². The highest BCUT2D eigenvalue weighted by molar-refractivity contribution is 5.87. The van der Waals surface area contributed by atoms with Crippen molar-refractivity contribution in [2.24, 2.45) is 5.92 Å². The van der Waals surface area contributed by atoms with E-state index in [9.17, 15) is 4.79 Å². The molecule has 1 saturated heterocycles. The molecule has 0 aromatic carbocycles. The van der Waals surface area contributed by atoms with Crippen LogP contribution in [0.4, 0.5) is 0 Å².